The fourth-order valence-electron chi connectivity index (χ4n) is 3.88. The molecule has 0 unspecified atom stereocenters. The van der Waals surface area contributed by atoms with Gasteiger partial charge >= 0.3 is 0 Å². The van der Waals surface area contributed by atoms with Crippen molar-refractivity contribution in [1.82, 2.24) is 9.88 Å². The second-order valence-electron chi connectivity index (χ2n) is 7.89. The third kappa shape index (κ3) is 4.18. The molecule has 2 nitrogen and oxygen atoms in total. The average molecular weight is 345 g/mol. The van der Waals surface area contributed by atoms with Crippen LogP contribution in [0.4, 0.5) is 0 Å². The standard InChI is InChI=1S/C21H32N2S/c1-5-15(2)7-6-8-17-9-10-20-19(13-17)22-21(24-20)18-11-12-23(4)14-16(18)3/h9-10,13,15-16,18H,5-8,11-12,14H2,1-4H3/t15-,16-,18-/m1/s1. The summed E-state index contributed by atoms with van der Waals surface area (Å²) in [6.45, 7) is 9.43. The number of nitrogens with zero attached hydrogens (tertiary/aromatic N) is 2. The summed E-state index contributed by atoms with van der Waals surface area (Å²) in [6, 6.07) is 6.96. The Hall–Kier alpha value is -0.930. The zero-order valence-corrected chi connectivity index (χ0v) is 16.5. The van der Waals surface area contributed by atoms with Crippen molar-refractivity contribution in [3.63, 3.8) is 0 Å². The lowest BCUT2D eigenvalue weighted by atomic mass is 9.88. The van der Waals surface area contributed by atoms with Crippen LogP contribution in [0.5, 0.6) is 0 Å². The Labute approximate surface area is 151 Å². The van der Waals surface area contributed by atoms with Gasteiger partial charge in [-0.15, -0.1) is 11.3 Å². The number of benzene rings is 1. The van der Waals surface area contributed by atoms with Gasteiger partial charge in [0.05, 0.1) is 15.2 Å². The number of hydrogen-bond donors (Lipinski definition) is 0. The first-order valence-electron chi connectivity index (χ1n) is 9.64. The summed E-state index contributed by atoms with van der Waals surface area (Å²) in [5, 5.41) is 1.36. The molecule has 0 N–H and O–H groups in total. The third-order valence-corrected chi connectivity index (χ3v) is 6.92. The molecule has 0 amide bonds. The number of aryl methyl sites for hydroxylation is 1. The fourth-order valence-corrected chi connectivity index (χ4v) is 5.10. The van der Waals surface area contributed by atoms with Gasteiger partial charge in [0.2, 0.25) is 0 Å². The quantitative estimate of drug-likeness (QED) is 0.666. The van der Waals surface area contributed by atoms with Gasteiger partial charge in [0.1, 0.15) is 0 Å². The van der Waals surface area contributed by atoms with E-state index < -0.39 is 0 Å². The number of fused-ring (bicyclic) bond motifs is 1. The normalized spacial score (nSPS) is 23.7. The largest absolute Gasteiger partial charge is 0.306 e. The molecule has 0 bridgehead atoms. The fraction of sp³-hybridized carbons (Fsp3) is 0.667. The van der Waals surface area contributed by atoms with Crippen molar-refractivity contribution < 1.29 is 0 Å². The van der Waals surface area contributed by atoms with E-state index in [4.69, 9.17) is 4.98 Å². The van der Waals surface area contributed by atoms with Gasteiger partial charge in [-0.05, 0) is 62.4 Å². The van der Waals surface area contributed by atoms with Gasteiger partial charge < -0.3 is 4.90 Å². The maximum atomic E-state index is 5.03. The number of thiazole rings is 1. The second kappa shape index (κ2) is 7.97. The first-order valence-corrected chi connectivity index (χ1v) is 10.5. The molecule has 1 fully saturated rings. The van der Waals surface area contributed by atoms with Gasteiger partial charge in [0.15, 0.2) is 0 Å². The molecule has 2 aromatic rings. The Morgan fingerprint density at radius 2 is 2.21 bits per heavy atom. The van der Waals surface area contributed by atoms with Crippen molar-refractivity contribution in [2.45, 2.75) is 58.8 Å². The minimum absolute atomic E-state index is 0.646. The van der Waals surface area contributed by atoms with Crippen molar-refractivity contribution in [3.05, 3.63) is 28.8 Å². The van der Waals surface area contributed by atoms with Crippen molar-refractivity contribution in [2.24, 2.45) is 11.8 Å². The number of hydrogen-bond acceptors (Lipinski definition) is 3. The van der Waals surface area contributed by atoms with Gasteiger partial charge in [-0.25, -0.2) is 4.98 Å². The van der Waals surface area contributed by atoms with E-state index in [0.29, 0.717) is 11.8 Å². The summed E-state index contributed by atoms with van der Waals surface area (Å²) >= 11 is 1.92. The molecule has 2 heterocycles. The Kier molecular flexibility index (Phi) is 5.93. The van der Waals surface area contributed by atoms with E-state index in [1.54, 1.807) is 0 Å². The highest BCUT2D eigenvalue weighted by molar-refractivity contribution is 7.18. The van der Waals surface area contributed by atoms with Gasteiger partial charge in [0, 0.05) is 12.5 Å². The van der Waals surface area contributed by atoms with Crippen LogP contribution in [0, 0.1) is 11.8 Å². The average Bonchev–Trinajstić information content (AvgIpc) is 2.97. The summed E-state index contributed by atoms with van der Waals surface area (Å²) in [5.74, 6) is 2.21. The van der Waals surface area contributed by atoms with E-state index in [-0.39, 0.29) is 0 Å². The SMILES string of the molecule is CC[C@@H](C)CCCc1ccc2sc([C@@H]3CCN(C)C[C@H]3C)nc2c1. The molecule has 1 aromatic carbocycles. The van der Waals surface area contributed by atoms with E-state index in [1.807, 2.05) is 11.3 Å². The molecule has 1 aliphatic rings. The summed E-state index contributed by atoms with van der Waals surface area (Å²) in [5.41, 5.74) is 2.68. The van der Waals surface area contributed by atoms with Gasteiger partial charge in [-0.2, -0.15) is 0 Å². The number of likely N-dealkylation sites (tertiary alicyclic amines) is 1. The summed E-state index contributed by atoms with van der Waals surface area (Å²) in [4.78, 5) is 7.48. The van der Waals surface area contributed by atoms with Gasteiger partial charge in [0.25, 0.3) is 0 Å². The molecule has 1 aromatic heterocycles. The van der Waals surface area contributed by atoms with E-state index in [9.17, 15) is 0 Å². The maximum absolute atomic E-state index is 5.03. The predicted octanol–water partition coefficient (Wildman–Crippen LogP) is 5.72. The Balaban J connectivity index is 1.69. The highest BCUT2D eigenvalue weighted by Gasteiger charge is 2.28. The highest BCUT2D eigenvalue weighted by atomic mass is 32.1. The Morgan fingerprint density at radius 1 is 1.38 bits per heavy atom. The van der Waals surface area contributed by atoms with E-state index in [2.05, 4.69) is 50.9 Å². The molecule has 132 valence electrons. The first kappa shape index (κ1) is 17.9. The van der Waals surface area contributed by atoms with Crippen LogP contribution in [-0.4, -0.2) is 30.0 Å². The van der Waals surface area contributed by atoms with Gasteiger partial charge in [-0.1, -0.05) is 39.7 Å². The van der Waals surface area contributed by atoms with Crippen LogP contribution in [0.2, 0.25) is 0 Å². The van der Waals surface area contributed by atoms with E-state index in [1.165, 1.54) is 66.0 Å². The zero-order chi connectivity index (χ0) is 17.1. The maximum Gasteiger partial charge on any atom is 0.0973 e. The van der Waals surface area contributed by atoms with Crippen molar-refractivity contribution >= 4 is 21.6 Å². The molecule has 0 saturated carbocycles. The number of piperidine rings is 1. The molecule has 0 spiro atoms. The van der Waals surface area contributed by atoms with Gasteiger partial charge in [-0.3, -0.25) is 0 Å². The molecule has 3 heteroatoms. The van der Waals surface area contributed by atoms with E-state index in [0.717, 1.165) is 5.92 Å². The molecule has 1 saturated heterocycles. The molecular weight excluding hydrogens is 312 g/mol. The monoisotopic (exact) mass is 344 g/mol. The van der Waals surface area contributed by atoms with Crippen LogP contribution in [0.3, 0.4) is 0 Å². The molecule has 3 atom stereocenters. The van der Waals surface area contributed by atoms with Crippen LogP contribution < -0.4 is 0 Å². The van der Waals surface area contributed by atoms with Crippen LogP contribution in [0.1, 0.15) is 62.9 Å². The van der Waals surface area contributed by atoms with Crippen molar-refractivity contribution in [3.8, 4) is 0 Å². The minimum Gasteiger partial charge on any atom is -0.306 e. The molecule has 24 heavy (non-hydrogen) atoms. The highest BCUT2D eigenvalue weighted by Crippen LogP contribution is 2.37. The van der Waals surface area contributed by atoms with Crippen LogP contribution >= 0.6 is 11.3 Å². The lowest BCUT2D eigenvalue weighted by Crippen LogP contribution is -2.35. The minimum atomic E-state index is 0.646. The zero-order valence-electron chi connectivity index (χ0n) is 15.7. The van der Waals surface area contributed by atoms with Crippen LogP contribution in [0.15, 0.2) is 18.2 Å². The van der Waals surface area contributed by atoms with Crippen molar-refractivity contribution in [2.75, 3.05) is 20.1 Å². The van der Waals surface area contributed by atoms with Crippen molar-refractivity contribution in [1.29, 1.82) is 0 Å². The summed E-state index contributed by atoms with van der Waals surface area (Å²) in [7, 11) is 2.23. The summed E-state index contributed by atoms with van der Waals surface area (Å²) in [6.07, 6.45) is 6.37. The lowest BCUT2D eigenvalue weighted by molar-refractivity contribution is 0.195. The number of rotatable bonds is 6. The smallest absolute Gasteiger partial charge is 0.0973 e. The topological polar surface area (TPSA) is 16.1 Å². The second-order valence-corrected chi connectivity index (χ2v) is 8.96. The molecule has 0 radical (unpaired) electrons. The van der Waals surface area contributed by atoms with Crippen LogP contribution in [0.25, 0.3) is 10.2 Å². The molecular formula is C21H32N2S. The lowest BCUT2D eigenvalue weighted by Gasteiger charge is -2.33. The molecule has 0 aliphatic carbocycles. The Morgan fingerprint density at radius 3 is 2.96 bits per heavy atom. The third-order valence-electron chi connectivity index (χ3n) is 5.75. The van der Waals surface area contributed by atoms with Crippen LogP contribution in [-0.2, 0) is 6.42 Å². The molecule has 1 aliphatic heterocycles. The Bertz CT molecular complexity index is 663. The predicted molar refractivity (Wildman–Crippen MR) is 106 cm³/mol. The van der Waals surface area contributed by atoms with E-state index >= 15 is 0 Å². The summed E-state index contributed by atoms with van der Waals surface area (Å²) < 4.78 is 1.36. The number of aromatic nitrogens is 1. The first-order chi connectivity index (χ1) is 11.6. The molecule has 3 rings (SSSR count).